The average molecular weight is 196 g/mol. The minimum Gasteiger partial charge on any atom is -0.466 e. The highest BCUT2D eigenvalue weighted by Gasteiger charge is 2.28. The van der Waals surface area contributed by atoms with Crippen molar-refractivity contribution in [2.75, 3.05) is 13.7 Å². The number of allylic oxidation sites excluding steroid dienone is 2. The fraction of sp³-hybridized carbons (Fsp3) is 0.500. The number of nitrogens with one attached hydrogen (secondary N) is 2. The fourth-order valence-electron chi connectivity index (χ4n) is 1.31. The van der Waals surface area contributed by atoms with Crippen molar-refractivity contribution >= 4 is 5.97 Å². The van der Waals surface area contributed by atoms with Crippen molar-refractivity contribution < 1.29 is 9.53 Å². The van der Waals surface area contributed by atoms with Gasteiger partial charge in [-0.05, 0) is 32.3 Å². The lowest BCUT2D eigenvalue weighted by Crippen LogP contribution is -2.54. The summed E-state index contributed by atoms with van der Waals surface area (Å²) in [6.45, 7) is 2.21. The van der Waals surface area contributed by atoms with E-state index in [1.54, 1.807) is 20.2 Å². The maximum Gasteiger partial charge on any atom is 0.309 e. The number of likely N-dealkylation sites (N-methyl/N-ethyl adjacent to an activating group) is 1. The van der Waals surface area contributed by atoms with Crippen LogP contribution in [-0.4, -0.2) is 25.3 Å². The molecule has 0 saturated carbocycles. The van der Waals surface area contributed by atoms with Crippen LogP contribution in [0, 0.1) is 0 Å². The van der Waals surface area contributed by atoms with Gasteiger partial charge in [-0.25, -0.2) is 0 Å². The first-order chi connectivity index (χ1) is 6.72. The van der Waals surface area contributed by atoms with Crippen molar-refractivity contribution in [2.24, 2.45) is 0 Å². The van der Waals surface area contributed by atoms with E-state index in [2.05, 4.69) is 10.6 Å². The molecule has 1 heterocycles. The SMILES string of the molecule is CCOC(=O)CC1(NC)C=CC=CN1. The predicted molar refractivity (Wildman–Crippen MR) is 54.5 cm³/mol. The lowest BCUT2D eigenvalue weighted by Gasteiger charge is -2.31. The Hall–Kier alpha value is -1.29. The first-order valence-corrected chi connectivity index (χ1v) is 4.69. The highest BCUT2D eigenvalue weighted by molar-refractivity contribution is 5.71. The average Bonchev–Trinajstić information content (AvgIpc) is 2.19. The summed E-state index contributed by atoms with van der Waals surface area (Å²) < 4.78 is 4.89. The van der Waals surface area contributed by atoms with Crippen LogP contribution in [0.3, 0.4) is 0 Å². The van der Waals surface area contributed by atoms with E-state index in [0.717, 1.165) is 0 Å². The third kappa shape index (κ3) is 2.60. The Labute approximate surface area is 84.0 Å². The molecule has 0 spiro atoms. The molecule has 0 aliphatic carbocycles. The first-order valence-electron chi connectivity index (χ1n) is 4.69. The van der Waals surface area contributed by atoms with Crippen molar-refractivity contribution in [3.8, 4) is 0 Å². The van der Waals surface area contributed by atoms with Crippen molar-refractivity contribution in [1.29, 1.82) is 0 Å². The zero-order chi connectivity index (χ0) is 10.4. The van der Waals surface area contributed by atoms with Gasteiger partial charge in [-0.15, -0.1) is 0 Å². The maximum absolute atomic E-state index is 11.3. The van der Waals surface area contributed by atoms with Crippen LogP contribution in [0.1, 0.15) is 13.3 Å². The number of carbonyl (C=O) groups excluding carboxylic acids is 1. The predicted octanol–water partition coefficient (Wildman–Crippen LogP) is 0.528. The van der Waals surface area contributed by atoms with Crippen LogP contribution in [0.25, 0.3) is 0 Å². The Morgan fingerprint density at radius 1 is 1.57 bits per heavy atom. The van der Waals surface area contributed by atoms with Crippen LogP contribution in [-0.2, 0) is 9.53 Å². The zero-order valence-corrected chi connectivity index (χ0v) is 8.54. The lowest BCUT2D eigenvalue weighted by molar-refractivity contribution is -0.144. The van der Waals surface area contributed by atoms with Crippen LogP contribution in [0.5, 0.6) is 0 Å². The van der Waals surface area contributed by atoms with Gasteiger partial charge in [-0.2, -0.15) is 0 Å². The molecule has 1 aliphatic rings. The second-order valence-corrected chi connectivity index (χ2v) is 3.07. The van der Waals surface area contributed by atoms with E-state index in [9.17, 15) is 4.79 Å². The highest BCUT2D eigenvalue weighted by atomic mass is 16.5. The van der Waals surface area contributed by atoms with E-state index in [1.807, 2.05) is 18.2 Å². The molecule has 0 bridgehead atoms. The molecule has 4 heteroatoms. The largest absolute Gasteiger partial charge is 0.466 e. The molecular weight excluding hydrogens is 180 g/mol. The topological polar surface area (TPSA) is 50.4 Å². The summed E-state index contributed by atoms with van der Waals surface area (Å²) in [4.78, 5) is 11.3. The van der Waals surface area contributed by atoms with Crippen molar-refractivity contribution in [2.45, 2.75) is 19.0 Å². The van der Waals surface area contributed by atoms with Gasteiger partial charge in [0.25, 0.3) is 0 Å². The Kier molecular flexibility index (Phi) is 3.71. The van der Waals surface area contributed by atoms with Crippen LogP contribution in [0.2, 0.25) is 0 Å². The van der Waals surface area contributed by atoms with Crippen LogP contribution in [0.4, 0.5) is 0 Å². The Balaban J connectivity index is 2.58. The second kappa shape index (κ2) is 4.81. The van der Waals surface area contributed by atoms with E-state index >= 15 is 0 Å². The molecule has 4 nitrogen and oxygen atoms in total. The molecule has 0 saturated heterocycles. The van der Waals surface area contributed by atoms with Crippen LogP contribution < -0.4 is 10.6 Å². The number of ether oxygens (including phenoxy) is 1. The molecule has 1 atom stereocenters. The molecule has 2 N–H and O–H groups in total. The molecule has 0 fully saturated rings. The summed E-state index contributed by atoms with van der Waals surface area (Å²) in [5.74, 6) is -0.214. The summed E-state index contributed by atoms with van der Waals surface area (Å²) in [5.41, 5.74) is -0.499. The van der Waals surface area contributed by atoms with Crippen molar-refractivity contribution in [3.05, 3.63) is 24.4 Å². The standard InChI is InChI=1S/C10H16N2O2/c1-3-14-9(13)8-10(11-2)6-4-5-7-12-10/h4-7,11-12H,3,8H2,1-2H3. The van der Waals surface area contributed by atoms with Gasteiger partial charge in [0.1, 0.15) is 5.66 Å². The van der Waals surface area contributed by atoms with Gasteiger partial charge in [0.05, 0.1) is 13.0 Å². The minimum absolute atomic E-state index is 0.214. The fourth-order valence-corrected chi connectivity index (χ4v) is 1.31. The van der Waals surface area contributed by atoms with E-state index in [-0.39, 0.29) is 12.4 Å². The van der Waals surface area contributed by atoms with E-state index in [4.69, 9.17) is 4.74 Å². The second-order valence-electron chi connectivity index (χ2n) is 3.07. The maximum atomic E-state index is 11.3. The van der Waals surface area contributed by atoms with Gasteiger partial charge >= 0.3 is 5.97 Å². The molecule has 0 radical (unpaired) electrons. The smallest absolute Gasteiger partial charge is 0.309 e. The molecule has 0 amide bonds. The van der Waals surface area contributed by atoms with Gasteiger partial charge < -0.3 is 10.1 Å². The summed E-state index contributed by atoms with van der Waals surface area (Å²) in [6, 6.07) is 0. The lowest BCUT2D eigenvalue weighted by atomic mass is 10.0. The van der Waals surface area contributed by atoms with Gasteiger partial charge in [-0.1, -0.05) is 6.08 Å². The summed E-state index contributed by atoms with van der Waals surface area (Å²) in [7, 11) is 1.80. The van der Waals surface area contributed by atoms with Crippen molar-refractivity contribution in [3.63, 3.8) is 0 Å². The Morgan fingerprint density at radius 3 is 2.86 bits per heavy atom. The molecular formula is C10H16N2O2. The molecule has 0 aromatic rings. The summed E-state index contributed by atoms with van der Waals surface area (Å²) in [5, 5.41) is 6.15. The third-order valence-electron chi connectivity index (χ3n) is 2.10. The number of carbonyl (C=O) groups is 1. The van der Waals surface area contributed by atoms with E-state index in [0.29, 0.717) is 6.61 Å². The van der Waals surface area contributed by atoms with E-state index < -0.39 is 5.66 Å². The van der Waals surface area contributed by atoms with E-state index in [1.165, 1.54) is 0 Å². The number of dihydropyridines is 1. The third-order valence-corrected chi connectivity index (χ3v) is 2.10. The van der Waals surface area contributed by atoms with Gasteiger partial charge in [0.2, 0.25) is 0 Å². The quantitative estimate of drug-likeness (QED) is 0.644. The Bertz CT molecular complexity index is 261. The van der Waals surface area contributed by atoms with Gasteiger partial charge in [-0.3, -0.25) is 10.1 Å². The molecule has 1 unspecified atom stereocenters. The highest BCUT2D eigenvalue weighted by Crippen LogP contribution is 2.12. The monoisotopic (exact) mass is 196 g/mol. The molecule has 1 aliphatic heterocycles. The van der Waals surface area contributed by atoms with Crippen molar-refractivity contribution in [1.82, 2.24) is 10.6 Å². The summed E-state index contributed by atoms with van der Waals surface area (Å²) >= 11 is 0. The van der Waals surface area contributed by atoms with Gasteiger partial charge in [0.15, 0.2) is 0 Å². The molecule has 0 aromatic carbocycles. The molecule has 0 aromatic heterocycles. The summed E-state index contributed by atoms with van der Waals surface area (Å²) in [6.07, 6.45) is 7.75. The number of hydrogen-bond acceptors (Lipinski definition) is 4. The molecule has 78 valence electrons. The Morgan fingerprint density at radius 2 is 2.36 bits per heavy atom. The normalized spacial score (nSPS) is 24.4. The minimum atomic E-state index is -0.499. The first kappa shape index (κ1) is 10.8. The molecule has 14 heavy (non-hydrogen) atoms. The number of rotatable bonds is 4. The number of hydrogen-bond donors (Lipinski definition) is 2. The molecule has 1 rings (SSSR count). The van der Waals surface area contributed by atoms with Gasteiger partial charge in [0, 0.05) is 0 Å². The zero-order valence-electron chi connectivity index (χ0n) is 8.54. The number of esters is 1. The van der Waals surface area contributed by atoms with Crippen LogP contribution in [0.15, 0.2) is 24.4 Å². The van der Waals surface area contributed by atoms with Crippen LogP contribution >= 0.6 is 0 Å².